The molecular formula is C43H42GeIrN2O-2. The fourth-order valence-electron chi connectivity index (χ4n) is 5.82. The van der Waals surface area contributed by atoms with Crippen molar-refractivity contribution in [1.82, 2.24) is 9.97 Å². The zero-order chi connectivity index (χ0) is 33.2. The van der Waals surface area contributed by atoms with Gasteiger partial charge in [-0.05, 0) is 41.5 Å². The van der Waals surface area contributed by atoms with Crippen molar-refractivity contribution in [3.8, 4) is 33.6 Å². The van der Waals surface area contributed by atoms with Crippen LogP contribution in [0.3, 0.4) is 0 Å². The van der Waals surface area contributed by atoms with Gasteiger partial charge in [0.05, 0.1) is 5.58 Å². The van der Waals surface area contributed by atoms with Crippen LogP contribution in [0.15, 0.2) is 120 Å². The number of hydrogen-bond acceptors (Lipinski definition) is 3. The Morgan fingerprint density at radius 1 is 0.771 bits per heavy atom. The zero-order valence-electron chi connectivity index (χ0n) is 28.8. The summed E-state index contributed by atoms with van der Waals surface area (Å²) in [6.45, 7) is 8.94. The van der Waals surface area contributed by atoms with E-state index in [1.165, 1.54) is 15.5 Å². The Kier molecular flexibility index (Phi) is 10.9. The van der Waals surface area contributed by atoms with Gasteiger partial charge in [0, 0.05) is 31.7 Å². The smallest absolute Gasteiger partial charge is 0 e. The molecule has 0 aliphatic heterocycles. The predicted octanol–water partition coefficient (Wildman–Crippen LogP) is 11.1. The van der Waals surface area contributed by atoms with Gasteiger partial charge in [0.2, 0.25) is 0 Å². The fourth-order valence-corrected chi connectivity index (χ4v) is 7.99. The Morgan fingerprint density at radius 2 is 1.48 bits per heavy atom. The molecule has 0 spiro atoms. The molecule has 3 nitrogen and oxygen atoms in total. The first-order chi connectivity index (χ1) is 22.5. The second-order valence-corrected chi connectivity index (χ2v) is 25.1. The van der Waals surface area contributed by atoms with Gasteiger partial charge in [-0.3, -0.25) is 0 Å². The first kappa shape index (κ1) is 35.5. The zero-order valence-corrected chi connectivity index (χ0v) is 33.3. The van der Waals surface area contributed by atoms with E-state index < -0.39 is 13.3 Å². The molecule has 5 heteroatoms. The van der Waals surface area contributed by atoms with Crippen molar-refractivity contribution in [2.45, 2.75) is 51.4 Å². The summed E-state index contributed by atoms with van der Waals surface area (Å²) in [7, 11) is 0. The van der Waals surface area contributed by atoms with Crippen LogP contribution in [0.5, 0.6) is 0 Å². The Bertz CT molecular complexity index is 2130. The monoisotopic (exact) mass is 869 g/mol. The fraction of sp³-hybridized carbons (Fsp3) is 0.209. The van der Waals surface area contributed by atoms with Crippen LogP contribution in [-0.2, 0) is 26.5 Å². The Hall–Kier alpha value is -3.83. The molecule has 1 radical (unpaired) electrons. The molecule has 3 aromatic heterocycles. The van der Waals surface area contributed by atoms with Gasteiger partial charge in [0.25, 0.3) is 0 Å². The summed E-state index contributed by atoms with van der Waals surface area (Å²) in [5.41, 5.74) is 10.7. The number of para-hydroxylation sites is 1. The average Bonchev–Trinajstić information content (AvgIpc) is 3.45. The van der Waals surface area contributed by atoms with Crippen LogP contribution in [0.2, 0.25) is 17.3 Å². The maximum Gasteiger partial charge on any atom is 0 e. The van der Waals surface area contributed by atoms with Crippen LogP contribution >= 0.6 is 0 Å². The molecule has 0 aliphatic rings. The summed E-state index contributed by atoms with van der Waals surface area (Å²) < 4.78 is 7.84. The number of aryl methyl sites for hydroxylation is 1. The van der Waals surface area contributed by atoms with Gasteiger partial charge in [0.1, 0.15) is 5.58 Å². The van der Waals surface area contributed by atoms with Gasteiger partial charge in [-0.1, -0.05) is 97.6 Å². The second-order valence-electron chi connectivity index (χ2n) is 14.4. The average molecular weight is 868 g/mol. The number of pyridine rings is 2. The van der Waals surface area contributed by atoms with Gasteiger partial charge in [-0.15, -0.1) is 12.1 Å². The summed E-state index contributed by atoms with van der Waals surface area (Å²) in [6.07, 6.45) is 5.01. The van der Waals surface area contributed by atoms with E-state index in [9.17, 15) is 0 Å². The van der Waals surface area contributed by atoms with E-state index in [1.807, 2.05) is 54.9 Å². The van der Waals surface area contributed by atoms with Crippen molar-refractivity contribution < 1.29 is 24.5 Å². The number of fused-ring (bicyclic) bond motifs is 3. The van der Waals surface area contributed by atoms with Crippen molar-refractivity contribution in [2.75, 3.05) is 0 Å². The summed E-state index contributed by atoms with van der Waals surface area (Å²) in [6, 6.07) is 42.0. The van der Waals surface area contributed by atoms with E-state index >= 15 is 0 Å². The van der Waals surface area contributed by atoms with E-state index in [0.717, 1.165) is 62.0 Å². The number of furan rings is 1. The molecule has 4 aromatic carbocycles. The van der Waals surface area contributed by atoms with Crippen LogP contribution in [-0.4, -0.2) is 23.2 Å². The maximum atomic E-state index is 6.40. The van der Waals surface area contributed by atoms with Gasteiger partial charge < -0.3 is 9.40 Å². The SMILES string of the molecule is Cc1cnc(-c2[c-]cc(-c3ccccc3)c3c2oc2ccccc23)cc1CC(C)(C)C.[CH3][Ge]([CH3])([CH3])[c]1ccc(-c2[c-]cccc2)nc1.[Ir]. The summed E-state index contributed by atoms with van der Waals surface area (Å²) in [5.74, 6) is 7.14. The van der Waals surface area contributed by atoms with Gasteiger partial charge in [0.15, 0.2) is 0 Å². The summed E-state index contributed by atoms with van der Waals surface area (Å²) >= 11 is -1.72. The van der Waals surface area contributed by atoms with E-state index in [1.54, 1.807) is 0 Å². The van der Waals surface area contributed by atoms with E-state index in [2.05, 4.69) is 123 Å². The molecule has 0 saturated heterocycles. The largest absolute Gasteiger partial charge is 0 e. The minimum Gasteiger partial charge on any atom is 0 e. The third-order valence-electron chi connectivity index (χ3n) is 8.34. The second kappa shape index (κ2) is 14.7. The minimum atomic E-state index is -1.72. The number of nitrogens with zero attached hydrogens (tertiary/aromatic N) is 2. The van der Waals surface area contributed by atoms with E-state index in [0.29, 0.717) is 0 Å². The Labute approximate surface area is 301 Å². The first-order valence-electron chi connectivity index (χ1n) is 16.3. The molecule has 0 aliphatic carbocycles. The molecule has 3 heterocycles. The van der Waals surface area contributed by atoms with Gasteiger partial charge in [-0.25, -0.2) is 0 Å². The van der Waals surface area contributed by atoms with Gasteiger partial charge >= 0.3 is 99.8 Å². The van der Waals surface area contributed by atoms with Crippen molar-refractivity contribution >= 4 is 39.6 Å². The normalized spacial score (nSPS) is 11.6. The molecule has 0 amide bonds. The molecule has 245 valence electrons. The van der Waals surface area contributed by atoms with Crippen molar-refractivity contribution in [3.63, 3.8) is 0 Å². The Morgan fingerprint density at radius 3 is 2.15 bits per heavy atom. The molecule has 0 unspecified atom stereocenters. The van der Waals surface area contributed by atoms with Crippen LogP contribution in [0.4, 0.5) is 0 Å². The van der Waals surface area contributed by atoms with Gasteiger partial charge in [-0.2, -0.15) is 0 Å². The van der Waals surface area contributed by atoms with Crippen LogP contribution in [0.25, 0.3) is 55.6 Å². The third kappa shape index (κ3) is 8.06. The first-order valence-corrected chi connectivity index (χ1v) is 23.6. The van der Waals surface area contributed by atoms with E-state index in [-0.39, 0.29) is 25.5 Å². The summed E-state index contributed by atoms with van der Waals surface area (Å²) in [4.78, 5) is 9.30. The van der Waals surface area contributed by atoms with Crippen molar-refractivity contribution in [1.29, 1.82) is 0 Å². The summed E-state index contributed by atoms with van der Waals surface area (Å²) in [5, 5.41) is 2.24. The molecule has 0 N–H and O–H groups in total. The maximum absolute atomic E-state index is 6.40. The number of rotatable bonds is 5. The standard InChI is InChI=1S/C29H26NO.C14H16GeN.Ir/c1-19-18-30-25(16-21(19)17-29(2,3)4)23-15-14-22(20-10-6-5-7-11-20)27-24-12-8-9-13-26(24)31-28(23)27;1-15(2,3)13-9-10-14(16-11-13)12-7-5-4-6-8-12;/h5-14,16,18H,17H2,1-4H3;4-7,9-11H,1-3H3;/q2*-1;. The molecule has 0 bridgehead atoms. The molecule has 7 aromatic rings. The molecule has 0 fully saturated rings. The van der Waals surface area contributed by atoms with Crippen molar-refractivity contribution in [3.05, 3.63) is 139 Å². The molecule has 7 rings (SSSR count). The predicted molar refractivity (Wildman–Crippen MR) is 201 cm³/mol. The van der Waals surface area contributed by atoms with Crippen LogP contribution in [0.1, 0.15) is 31.9 Å². The van der Waals surface area contributed by atoms with E-state index in [4.69, 9.17) is 9.40 Å². The quantitative estimate of drug-likeness (QED) is 0.128. The Balaban J connectivity index is 0.000000224. The topological polar surface area (TPSA) is 38.9 Å². The third-order valence-corrected chi connectivity index (χ3v) is 12.6. The molecule has 0 saturated carbocycles. The van der Waals surface area contributed by atoms with Crippen LogP contribution < -0.4 is 4.40 Å². The number of benzene rings is 4. The molecular weight excluding hydrogens is 825 g/mol. The number of aromatic nitrogens is 2. The number of hydrogen-bond donors (Lipinski definition) is 0. The van der Waals surface area contributed by atoms with Crippen LogP contribution in [0, 0.1) is 24.5 Å². The molecule has 48 heavy (non-hydrogen) atoms. The van der Waals surface area contributed by atoms with Crippen molar-refractivity contribution in [2.24, 2.45) is 5.41 Å². The minimum absolute atomic E-state index is 0. The molecule has 0 atom stereocenters.